The molecule has 0 bridgehead atoms. The van der Waals surface area contributed by atoms with Gasteiger partial charge in [-0.05, 0) is 0 Å². The van der Waals surface area contributed by atoms with Gasteiger partial charge in [-0.3, -0.25) is 10.00 Å². The summed E-state index contributed by atoms with van der Waals surface area (Å²) < 4.78 is 0. The Labute approximate surface area is 88.7 Å². The summed E-state index contributed by atoms with van der Waals surface area (Å²) in [6.45, 7) is 5.03. The number of aliphatic hydroxyl groups is 1. The van der Waals surface area contributed by atoms with E-state index in [9.17, 15) is 5.11 Å². The quantitative estimate of drug-likeness (QED) is 0.582. The molecule has 0 aromatic carbocycles. The third-order valence-electron chi connectivity index (χ3n) is 2.71. The molecule has 1 unspecified atom stereocenters. The van der Waals surface area contributed by atoms with Crippen LogP contribution in [0, 0.1) is 0 Å². The number of piperazine rings is 1. The molecule has 15 heavy (non-hydrogen) atoms. The molecule has 1 saturated heterocycles. The minimum Gasteiger partial charge on any atom is -0.396 e. The van der Waals surface area contributed by atoms with Gasteiger partial charge < -0.3 is 10.4 Å². The summed E-state index contributed by atoms with van der Waals surface area (Å²) in [5.74, 6) is 0.727. The minimum absolute atomic E-state index is 0.0225. The predicted octanol–water partition coefficient (Wildman–Crippen LogP) is -1.21. The highest BCUT2D eigenvalue weighted by Crippen LogP contribution is 2.11. The molecule has 3 N–H and O–H groups in total. The lowest BCUT2D eigenvalue weighted by Gasteiger charge is -2.29. The van der Waals surface area contributed by atoms with Crippen LogP contribution in [0.25, 0.3) is 0 Å². The maximum atomic E-state index is 9.29. The van der Waals surface area contributed by atoms with Gasteiger partial charge in [0, 0.05) is 32.7 Å². The summed E-state index contributed by atoms with van der Waals surface area (Å²) in [4.78, 5) is 6.41. The van der Waals surface area contributed by atoms with E-state index in [4.69, 9.17) is 0 Å². The monoisotopic (exact) mass is 211 g/mol. The number of hydrogen-bond donors (Lipinski definition) is 3. The molecule has 2 heterocycles. The standard InChI is InChI=1S/C9H17N5O/c15-6-8(9-11-7-12-13-9)5-14-3-1-10-2-4-14/h7-8,10,15H,1-6H2,(H,11,12,13). The number of rotatable bonds is 4. The first-order chi connectivity index (χ1) is 7.40. The Hall–Kier alpha value is -0.980. The Morgan fingerprint density at radius 2 is 2.27 bits per heavy atom. The highest BCUT2D eigenvalue weighted by atomic mass is 16.3. The Kier molecular flexibility index (Phi) is 3.65. The van der Waals surface area contributed by atoms with E-state index in [0.29, 0.717) is 5.82 Å². The number of hydrogen-bond acceptors (Lipinski definition) is 5. The maximum Gasteiger partial charge on any atom is 0.156 e. The van der Waals surface area contributed by atoms with Gasteiger partial charge in [-0.1, -0.05) is 0 Å². The fourth-order valence-electron chi connectivity index (χ4n) is 1.84. The average molecular weight is 211 g/mol. The van der Waals surface area contributed by atoms with Crippen molar-refractivity contribution in [1.82, 2.24) is 25.4 Å². The zero-order valence-corrected chi connectivity index (χ0v) is 8.69. The molecule has 0 spiro atoms. The number of H-pyrrole nitrogens is 1. The second kappa shape index (κ2) is 5.20. The molecule has 6 heteroatoms. The molecule has 1 fully saturated rings. The molecule has 1 atom stereocenters. The summed E-state index contributed by atoms with van der Waals surface area (Å²) in [7, 11) is 0. The van der Waals surface area contributed by atoms with E-state index in [1.54, 1.807) is 6.33 Å². The van der Waals surface area contributed by atoms with E-state index >= 15 is 0 Å². The third-order valence-corrected chi connectivity index (χ3v) is 2.71. The molecule has 0 aliphatic carbocycles. The normalized spacial score (nSPS) is 20.3. The molecular weight excluding hydrogens is 194 g/mol. The van der Waals surface area contributed by atoms with Gasteiger partial charge in [0.1, 0.15) is 6.33 Å². The minimum atomic E-state index is 0.0225. The summed E-state index contributed by atoms with van der Waals surface area (Å²) in [6.07, 6.45) is 1.55. The van der Waals surface area contributed by atoms with E-state index in [1.165, 1.54) is 0 Å². The molecule has 1 aromatic rings. The fourth-order valence-corrected chi connectivity index (χ4v) is 1.84. The van der Waals surface area contributed by atoms with Gasteiger partial charge in [0.2, 0.25) is 0 Å². The van der Waals surface area contributed by atoms with Crippen LogP contribution in [0.5, 0.6) is 0 Å². The molecule has 0 saturated carbocycles. The van der Waals surface area contributed by atoms with Crippen molar-refractivity contribution in [2.75, 3.05) is 39.3 Å². The molecule has 0 amide bonds. The van der Waals surface area contributed by atoms with E-state index in [1.807, 2.05) is 0 Å². The van der Waals surface area contributed by atoms with Crippen LogP contribution in [0.3, 0.4) is 0 Å². The van der Waals surface area contributed by atoms with Gasteiger partial charge in [-0.2, -0.15) is 5.10 Å². The second-order valence-electron chi connectivity index (χ2n) is 3.79. The van der Waals surface area contributed by atoms with Crippen molar-refractivity contribution >= 4 is 0 Å². The van der Waals surface area contributed by atoms with Crippen molar-refractivity contribution in [2.45, 2.75) is 5.92 Å². The number of aromatic amines is 1. The first kappa shape index (κ1) is 10.5. The summed E-state index contributed by atoms with van der Waals surface area (Å²) >= 11 is 0. The molecule has 1 aromatic heterocycles. The van der Waals surface area contributed by atoms with E-state index in [-0.39, 0.29) is 12.5 Å². The van der Waals surface area contributed by atoms with Crippen LogP contribution in [0.4, 0.5) is 0 Å². The number of aliphatic hydroxyl groups excluding tert-OH is 1. The highest BCUT2D eigenvalue weighted by Gasteiger charge is 2.19. The molecule has 2 rings (SSSR count). The smallest absolute Gasteiger partial charge is 0.156 e. The van der Waals surface area contributed by atoms with Gasteiger partial charge in [0.15, 0.2) is 5.82 Å². The van der Waals surface area contributed by atoms with E-state index < -0.39 is 0 Å². The predicted molar refractivity (Wildman–Crippen MR) is 55.5 cm³/mol. The van der Waals surface area contributed by atoms with Crippen LogP contribution in [0.1, 0.15) is 11.7 Å². The lowest BCUT2D eigenvalue weighted by molar-refractivity contribution is 0.182. The van der Waals surface area contributed by atoms with Gasteiger partial charge >= 0.3 is 0 Å². The van der Waals surface area contributed by atoms with Crippen molar-refractivity contribution in [3.8, 4) is 0 Å². The summed E-state index contributed by atoms with van der Waals surface area (Å²) in [5.41, 5.74) is 0. The Morgan fingerprint density at radius 1 is 1.47 bits per heavy atom. The van der Waals surface area contributed by atoms with Crippen LogP contribution >= 0.6 is 0 Å². The molecular formula is C9H17N5O. The number of aromatic nitrogens is 3. The van der Waals surface area contributed by atoms with E-state index in [2.05, 4.69) is 25.4 Å². The zero-order chi connectivity index (χ0) is 10.5. The van der Waals surface area contributed by atoms with Crippen LogP contribution in [0.15, 0.2) is 6.33 Å². The molecule has 84 valence electrons. The van der Waals surface area contributed by atoms with Crippen LogP contribution < -0.4 is 5.32 Å². The molecule has 1 aliphatic heterocycles. The van der Waals surface area contributed by atoms with Crippen LogP contribution in [-0.4, -0.2) is 64.5 Å². The van der Waals surface area contributed by atoms with Gasteiger partial charge in [0.25, 0.3) is 0 Å². The van der Waals surface area contributed by atoms with Crippen LogP contribution in [0.2, 0.25) is 0 Å². The Bertz CT molecular complexity index is 270. The number of nitrogens with one attached hydrogen (secondary N) is 2. The van der Waals surface area contributed by atoms with Crippen molar-refractivity contribution in [1.29, 1.82) is 0 Å². The molecule has 6 nitrogen and oxygen atoms in total. The van der Waals surface area contributed by atoms with E-state index in [0.717, 1.165) is 32.7 Å². The average Bonchev–Trinajstić information content (AvgIpc) is 2.81. The Balaban J connectivity index is 1.90. The summed E-state index contributed by atoms with van der Waals surface area (Å²) in [6, 6.07) is 0. The molecule has 0 radical (unpaired) electrons. The van der Waals surface area contributed by atoms with Crippen molar-refractivity contribution in [3.63, 3.8) is 0 Å². The van der Waals surface area contributed by atoms with Crippen molar-refractivity contribution < 1.29 is 5.11 Å². The van der Waals surface area contributed by atoms with Gasteiger partial charge in [-0.15, -0.1) is 0 Å². The molecule has 1 aliphatic rings. The third kappa shape index (κ3) is 2.74. The van der Waals surface area contributed by atoms with Crippen molar-refractivity contribution in [3.05, 3.63) is 12.2 Å². The van der Waals surface area contributed by atoms with Gasteiger partial charge in [-0.25, -0.2) is 4.98 Å². The van der Waals surface area contributed by atoms with Gasteiger partial charge in [0.05, 0.1) is 12.5 Å². The topological polar surface area (TPSA) is 77.1 Å². The summed E-state index contributed by atoms with van der Waals surface area (Å²) in [5, 5.41) is 19.3. The lowest BCUT2D eigenvalue weighted by atomic mass is 10.1. The zero-order valence-electron chi connectivity index (χ0n) is 8.69. The highest BCUT2D eigenvalue weighted by molar-refractivity contribution is 4.94. The second-order valence-corrected chi connectivity index (χ2v) is 3.79. The lowest BCUT2D eigenvalue weighted by Crippen LogP contribution is -2.45. The Morgan fingerprint density at radius 3 is 2.87 bits per heavy atom. The fraction of sp³-hybridized carbons (Fsp3) is 0.778. The largest absolute Gasteiger partial charge is 0.396 e. The first-order valence-electron chi connectivity index (χ1n) is 5.29. The SMILES string of the molecule is OCC(CN1CCNCC1)c1nc[nH]n1. The first-order valence-corrected chi connectivity index (χ1v) is 5.29. The number of nitrogens with zero attached hydrogens (tertiary/aromatic N) is 3. The maximum absolute atomic E-state index is 9.29. The van der Waals surface area contributed by atoms with Crippen LogP contribution in [-0.2, 0) is 0 Å². The van der Waals surface area contributed by atoms with Crippen molar-refractivity contribution in [2.24, 2.45) is 0 Å².